The Hall–Kier alpha value is -0.450. The summed E-state index contributed by atoms with van der Waals surface area (Å²) < 4.78 is 1.04. The second-order valence-electron chi connectivity index (χ2n) is 3.32. The van der Waals surface area contributed by atoms with Gasteiger partial charge in [0, 0.05) is 4.47 Å². The molecule has 1 unspecified atom stereocenters. The lowest BCUT2D eigenvalue weighted by Crippen LogP contribution is -2.31. The molecule has 76 valence electrons. The van der Waals surface area contributed by atoms with Crippen LogP contribution in [0.4, 0.5) is 0 Å². The standard InChI is InChI=1S/C10H13BrN2S/c1-13(2)9(10(12)14)7-4-3-5-8(11)6-7/h3-6,9H,1-2H3,(H2,12,14). The minimum absolute atomic E-state index is 0.00231. The second kappa shape index (κ2) is 4.87. The number of halogens is 1. The molecule has 1 rings (SSSR count). The highest BCUT2D eigenvalue weighted by Crippen LogP contribution is 2.21. The van der Waals surface area contributed by atoms with Gasteiger partial charge in [0.05, 0.1) is 11.0 Å². The first-order chi connectivity index (χ1) is 6.52. The van der Waals surface area contributed by atoms with Crippen molar-refractivity contribution in [1.82, 2.24) is 4.90 Å². The van der Waals surface area contributed by atoms with Gasteiger partial charge in [0.1, 0.15) is 0 Å². The third-order valence-electron chi connectivity index (χ3n) is 1.95. The van der Waals surface area contributed by atoms with Crippen LogP contribution in [-0.2, 0) is 0 Å². The molecule has 0 radical (unpaired) electrons. The zero-order chi connectivity index (χ0) is 10.7. The van der Waals surface area contributed by atoms with Crippen molar-refractivity contribution in [3.63, 3.8) is 0 Å². The van der Waals surface area contributed by atoms with E-state index in [-0.39, 0.29) is 6.04 Å². The molecule has 14 heavy (non-hydrogen) atoms. The molecule has 1 aromatic rings. The van der Waals surface area contributed by atoms with Gasteiger partial charge in [-0.2, -0.15) is 0 Å². The van der Waals surface area contributed by atoms with E-state index in [2.05, 4.69) is 15.9 Å². The summed E-state index contributed by atoms with van der Waals surface area (Å²) in [6.45, 7) is 0. The van der Waals surface area contributed by atoms with Crippen LogP contribution in [-0.4, -0.2) is 24.0 Å². The molecule has 0 saturated carbocycles. The SMILES string of the molecule is CN(C)C(C(N)=S)c1cccc(Br)c1. The number of nitrogens with two attached hydrogens (primary N) is 1. The summed E-state index contributed by atoms with van der Waals surface area (Å²) in [6, 6.07) is 8.02. The minimum Gasteiger partial charge on any atom is -0.392 e. The molecule has 0 spiro atoms. The van der Waals surface area contributed by atoms with Gasteiger partial charge in [0.2, 0.25) is 0 Å². The summed E-state index contributed by atoms with van der Waals surface area (Å²) in [7, 11) is 3.93. The Morgan fingerprint density at radius 2 is 2.14 bits per heavy atom. The maximum Gasteiger partial charge on any atom is 0.0948 e. The van der Waals surface area contributed by atoms with Crippen LogP contribution in [0.5, 0.6) is 0 Å². The Balaban J connectivity index is 3.05. The van der Waals surface area contributed by atoms with E-state index >= 15 is 0 Å². The third-order valence-corrected chi connectivity index (χ3v) is 2.67. The van der Waals surface area contributed by atoms with Crippen LogP contribution in [0.2, 0.25) is 0 Å². The number of benzene rings is 1. The van der Waals surface area contributed by atoms with E-state index in [0.29, 0.717) is 4.99 Å². The van der Waals surface area contributed by atoms with Crippen molar-refractivity contribution in [1.29, 1.82) is 0 Å². The molecule has 1 aromatic carbocycles. The molecule has 1 atom stereocenters. The van der Waals surface area contributed by atoms with Crippen LogP contribution in [0.1, 0.15) is 11.6 Å². The zero-order valence-electron chi connectivity index (χ0n) is 8.20. The first kappa shape index (κ1) is 11.6. The molecule has 0 aliphatic rings. The molecule has 0 bridgehead atoms. The summed E-state index contributed by atoms with van der Waals surface area (Å²) in [6.07, 6.45) is 0. The fraction of sp³-hybridized carbons (Fsp3) is 0.300. The van der Waals surface area contributed by atoms with E-state index in [9.17, 15) is 0 Å². The largest absolute Gasteiger partial charge is 0.392 e. The van der Waals surface area contributed by atoms with Crippen LogP contribution in [0.3, 0.4) is 0 Å². The van der Waals surface area contributed by atoms with E-state index < -0.39 is 0 Å². The number of likely N-dealkylation sites (N-methyl/N-ethyl adjacent to an activating group) is 1. The predicted octanol–water partition coefficient (Wildman–Crippen LogP) is 2.34. The quantitative estimate of drug-likeness (QED) is 0.857. The van der Waals surface area contributed by atoms with E-state index in [1.54, 1.807) is 0 Å². The Bertz CT molecular complexity index is 339. The number of thiocarbonyl (C=S) groups is 1. The molecular formula is C10H13BrN2S. The lowest BCUT2D eigenvalue weighted by atomic mass is 10.1. The summed E-state index contributed by atoms with van der Waals surface area (Å²) in [4.78, 5) is 2.50. The number of hydrogen-bond donors (Lipinski definition) is 1. The highest BCUT2D eigenvalue weighted by Gasteiger charge is 2.16. The Kier molecular flexibility index (Phi) is 4.04. The first-order valence-corrected chi connectivity index (χ1v) is 5.43. The maximum atomic E-state index is 5.69. The van der Waals surface area contributed by atoms with Crippen LogP contribution in [0.25, 0.3) is 0 Å². The highest BCUT2D eigenvalue weighted by atomic mass is 79.9. The van der Waals surface area contributed by atoms with Gasteiger partial charge in [-0.25, -0.2) is 0 Å². The van der Waals surface area contributed by atoms with Crippen molar-refractivity contribution in [3.05, 3.63) is 34.3 Å². The van der Waals surface area contributed by atoms with Gasteiger partial charge < -0.3 is 5.73 Å². The smallest absolute Gasteiger partial charge is 0.0948 e. The van der Waals surface area contributed by atoms with Crippen LogP contribution >= 0.6 is 28.1 Å². The summed E-state index contributed by atoms with van der Waals surface area (Å²) in [5.74, 6) is 0. The molecule has 0 amide bonds. The minimum atomic E-state index is 0.00231. The lowest BCUT2D eigenvalue weighted by Gasteiger charge is -2.23. The molecule has 0 aliphatic carbocycles. The molecule has 0 heterocycles. The number of nitrogens with zero attached hydrogens (tertiary/aromatic N) is 1. The topological polar surface area (TPSA) is 29.3 Å². The number of rotatable bonds is 3. The van der Waals surface area contributed by atoms with Gasteiger partial charge in [-0.3, -0.25) is 4.90 Å². The Morgan fingerprint density at radius 3 is 2.57 bits per heavy atom. The fourth-order valence-corrected chi connectivity index (χ4v) is 2.16. The van der Waals surface area contributed by atoms with E-state index in [1.807, 2.05) is 43.3 Å². The molecule has 2 nitrogen and oxygen atoms in total. The highest BCUT2D eigenvalue weighted by molar-refractivity contribution is 9.10. The lowest BCUT2D eigenvalue weighted by molar-refractivity contribution is 0.371. The summed E-state index contributed by atoms with van der Waals surface area (Å²) in [5, 5.41) is 0. The van der Waals surface area contributed by atoms with Crippen molar-refractivity contribution >= 4 is 33.1 Å². The van der Waals surface area contributed by atoms with Gasteiger partial charge in [0.15, 0.2) is 0 Å². The zero-order valence-corrected chi connectivity index (χ0v) is 10.6. The Labute approximate surface area is 98.2 Å². The summed E-state index contributed by atoms with van der Waals surface area (Å²) >= 11 is 8.47. The predicted molar refractivity (Wildman–Crippen MR) is 67.4 cm³/mol. The monoisotopic (exact) mass is 272 g/mol. The molecule has 0 aromatic heterocycles. The number of hydrogen-bond acceptors (Lipinski definition) is 2. The molecular weight excluding hydrogens is 260 g/mol. The first-order valence-electron chi connectivity index (χ1n) is 4.23. The van der Waals surface area contributed by atoms with Gasteiger partial charge in [-0.1, -0.05) is 40.3 Å². The second-order valence-corrected chi connectivity index (χ2v) is 4.71. The van der Waals surface area contributed by atoms with Gasteiger partial charge in [-0.15, -0.1) is 0 Å². The van der Waals surface area contributed by atoms with Crippen molar-refractivity contribution in [2.45, 2.75) is 6.04 Å². The van der Waals surface area contributed by atoms with Crippen LogP contribution < -0.4 is 5.73 Å². The molecule has 4 heteroatoms. The summed E-state index contributed by atoms with van der Waals surface area (Å²) in [5.41, 5.74) is 6.80. The van der Waals surface area contributed by atoms with Crippen LogP contribution in [0.15, 0.2) is 28.7 Å². The molecule has 2 N–H and O–H groups in total. The van der Waals surface area contributed by atoms with Crippen molar-refractivity contribution in [2.24, 2.45) is 5.73 Å². The molecule has 0 saturated heterocycles. The normalized spacial score (nSPS) is 12.9. The average molecular weight is 273 g/mol. The maximum absolute atomic E-state index is 5.69. The Morgan fingerprint density at radius 1 is 1.50 bits per heavy atom. The van der Waals surface area contributed by atoms with Crippen molar-refractivity contribution in [3.8, 4) is 0 Å². The third kappa shape index (κ3) is 2.77. The van der Waals surface area contributed by atoms with Gasteiger partial charge in [-0.05, 0) is 31.8 Å². The van der Waals surface area contributed by atoms with Crippen molar-refractivity contribution < 1.29 is 0 Å². The molecule has 0 aliphatic heterocycles. The van der Waals surface area contributed by atoms with E-state index in [1.165, 1.54) is 0 Å². The van der Waals surface area contributed by atoms with Crippen LogP contribution in [0, 0.1) is 0 Å². The fourth-order valence-electron chi connectivity index (χ4n) is 1.39. The average Bonchev–Trinajstić information content (AvgIpc) is 2.02. The molecule has 0 fully saturated rings. The van der Waals surface area contributed by atoms with E-state index in [0.717, 1.165) is 10.0 Å². The van der Waals surface area contributed by atoms with Gasteiger partial charge in [0.25, 0.3) is 0 Å². The van der Waals surface area contributed by atoms with Crippen molar-refractivity contribution in [2.75, 3.05) is 14.1 Å². The van der Waals surface area contributed by atoms with E-state index in [4.69, 9.17) is 18.0 Å². The van der Waals surface area contributed by atoms with Gasteiger partial charge >= 0.3 is 0 Å².